The van der Waals surface area contributed by atoms with E-state index >= 15 is 0 Å². The fourth-order valence-corrected chi connectivity index (χ4v) is 2.38. The van der Waals surface area contributed by atoms with Crippen molar-refractivity contribution in [3.8, 4) is 16.9 Å². The lowest BCUT2D eigenvalue weighted by molar-refractivity contribution is 0.0696. The van der Waals surface area contributed by atoms with E-state index in [1.54, 1.807) is 24.4 Å². The summed E-state index contributed by atoms with van der Waals surface area (Å²) < 4.78 is 5.91. The van der Waals surface area contributed by atoms with Crippen LogP contribution in [0.1, 0.15) is 21.6 Å². The number of ether oxygens (including phenoxy) is 1. The first-order valence-corrected chi connectivity index (χ1v) is 7.60. The maximum absolute atomic E-state index is 11.3. The molecule has 0 spiro atoms. The number of hydrogen-bond donors (Lipinski definition) is 1. The maximum Gasteiger partial charge on any atom is 0.335 e. The van der Waals surface area contributed by atoms with Crippen LogP contribution in [0.15, 0.2) is 66.9 Å². The van der Waals surface area contributed by atoms with Crippen LogP contribution in [0.3, 0.4) is 0 Å². The lowest BCUT2D eigenvalue weighted by atomic mass is 10.0. The molecule has 3 rings (SSSR count). The van der Waals surface area contributed by atoms with Gasteiger partial charge in [-0.15, -0.1) is 0 Å². The second kappa shape index (κ2) is 6.96. The third-order valence-electron chi connectivity index (χ3n) is 3.69. The predicted molar refractivity (Wildman–Crippen MR) is 92.1 cm³/mol. The highest BCUT2D eigenvalue weighted by Crippen LogP contribution is 2.31. The minimum absolute atomic E-state index is 0.196. The van der Waals surface area contributed by atoms with Crippen molar-refractivity contribution >= 4 is 5.97 Å². The summed E-state index contributed by atoms with van der Waals surface area (Å²) in [5.41, 5.74) is 3.85. The third-order valence-corrected chi connectivity index (χ3v) is 3.69. The van der Waals surface area contributed by atoms with E-state index in [0.29, 0.717) is 12.4 Å². The molecule has 2 aromatic carbocycles. The van der Waals surface area contributed by atoms with Crippen molar-refractivity contribution in [3.05, 3.63) is 83.7 Å². The largest absolute Gasteiger partial charge is 0.488 e. The van der Waals surface area contributed by atoms with Crippen molar-refractivity contribution in [3.63, 3.8) is 0 Å². The highest BCUT2D eigenvalue weighted by atomic mass is 16.5. The highest BCUT2D eigenvalue weighted by Gasteiger charge is 2.12. The summed E-state index contributed by atoms with van der Waals surface area (Å²) in [6.45, 7) is 2.29. The summed E-state index contributed by atoms with van der Waals surface area (Å²) in [4.78, 5) is 15.6. The van der Waals surface area contributed by atoms with Gasteiger partial charge in [0.1, 0.15) is 12.4 Å². The fraction of sp³-hybridized carbons (Fsp3) is 0.100. The molecule has 0 fully saturated rings. The van der Waals surface area contributed by atoms with E-state index in [2.05, 4.69) is 4.98 Å². The van der Waals surface area contributed by atoms with Crippen LogP contribution in [0.2, 0.25) is 0 Å². The molecule has 0 radical (unpaired) electrons. The number of aromatic carboxylic acids is 1. The summed E-state index contributed by atoms with van der Waals surface area (Å²) in [6.07, 6.45) is 1.76. The molecule has 4 heteroatoms. The van der Waals surface area contributed by atoms with Crippen molar-refractivity contribution in [1.82, 2.24) is 4.98 Å². The van der Waals surface area contributed by atoms with Gasteiger partial charge in [0.2, 0.25) is 0 Å². The van der Waals surface area contributed by atoms with E-state index in [1.165, 1.54) is 0 Å². The molecular formula is C20H17NO3. The van der Waals surface area contributed by atoms with Crippen LogP contribution >= 0.6 is 0 Å². The molecule has 4 nitrogen and oxygen atoms in total. The van der Waals surface area contributed by atoms with E-state index in [-0.39, 0.29) is 5.56 Å². The molecule has 3 aromatic rings. The van der Waals surface area contributed by atoms with E-state index in [4.69, 9.17) is 4.74 Å². The highest BCUT2D eigenvalue weighted by molar-refractivity contribution is 5.89. The lowest BCUT2D eigenvalue weighted by Crippen LogP contribution is -2.01. The first kappa shape index (κ1) is 15.7. The monoisotopic (exact) mass is 319 g/mol. The van der Waals surface area contributed by atoms with Crippen LogP contribution in [-0.4, -0.2) is 16.1 Å². The molecule has 0 aliphatic heterocycles. The van der Waals surface area contributed by atoms with Crippen molar-refractivity contribution in [1.29, 1.82) is 0 Å². The molecule has 0 atom stereocenters. The second-order valence-corrected chi connectivity index (χ2v) is 5.48. The molecular weight excluding hydrogens is 302 g/mol. The Bertz CT molecular complexity index is 843. The summed E-state index contributed by atoms with van der Waals surface area (Å²) in [5, 5.41) is 9.22. The molecule has 0 unspecified atom stereocenters. The predicted octanol–water partition coefficient (Wildman–Crippen LogP) is 4.33. The molecule has 1 heterocycles. The van der Waals surface area contributed by atoms with Crippen molar-refractivity contribution in [2.75, 3.05) is 0 Å². The van der Waals surface area contributed by atoms with Gasteiger partial charge in [0.25, 0.3) is 0 Å². The molecule has 1 N–H and O–H groups in total. The number of carboxylic acid groups (broad SMARTS) is 1. The van der Waals surface area contributed by atoms with Gasteiger partial charge in [-0.3, -0.25) is 4.98 Å². The van der Waals surface area contributed by atoms with Crippen LogP contribution in [-0.2, 0) is 6.61 Å². The normalized spacial score (nSPS) is 10.4. The molecule has 0 amide bonds. The summed E-state index contributed by atoms with van der Waals surface area (Å²) in [7, 11) is 0. The zero-order valence-electron chi connectivity index (χ0n) is 13.3. The number of rotatable bonds is 5. The number of benzene rings is 2. The van der Waals surface area contributed by atoms with Crippen molar-refractivity contribution < 1.29 is 14.6 Å². The molecule has 0 saturated heterocycles. The number of pyridine rings is 1. The van der Waals surface area contributed by atoms with E-state index in [0.717, 1.165) is 22.4 Å². The summed E-state index contributed by atoms with van der Waals surface area (Å²) >= 11 is 0. The average Bonchev–Trinajstić information content (AvgIpc) is 2.61. The van der Waals surface area contributed by atoms with E-state index < -0.39 is 5.97 Å². The smallest absolute Gasteiger partial charge is 0.335 e. The number of hydrogen-bond acceptors (Lipinski definition) is 3. The van der Waals surface area contributed by atoms with Gasteiger partial charge in [0, 0.05) is 23.0 Å². The Hall–Kier alpha value is -3.14. The SMILES string of the molecule is Cc1ccc(-c2ccc(C(=O)O)cc2OCc2ccccc2)cn1. The van der Waals surface area contributed by atoms with Gasteiger partial charge in [0.15, 0.2) is 0 Å². The van der Waals surface area contributed by atoms with Crippen molar-refractivity contribution in [2.45, 2.75) is 13.5 Å². The third kappa shape index (κ3) is 3.60. The van der Waals surface area contributed by atoms with Gasteiger partial charge in [0.05, 0.1) is 5.56 Å². The molecule has 1 aromatic heterocycles. The van der Waals surface area contributed by atoms with Crippen LogP contribution in [0.25, 0.3) is 11.1 Å². The fourth-order valence-electron chi connectivity index (χ4n) is 2.38. The van der Waals surface area contributed by atoms with Crippen LogP contribution in [0, 0.1) is 6.92 Å². The standard InChI is InChI=1S/C20H17NO3/c1-14-7-8-17(12-21-14)18-10-9-16(20(22)23)11-19(18)24-13-15-5-3-2-4-6-15/h2-12H,13H2,1H3,(H,22,23). The Balaban J connectivity index is 1.95. The number of nitrogens with zero attached hydrogens (tertiary/aromatic N) is 1. The van der Waals surface area contributed by atoms with Crippen LogP contribution in [0.4, 0.5) is 0 Å². The molecule has 0 aliphatic rings. The number of aryl methyl sites for hydroxylation is 1. The molecule has 0 aliphatic carbocycles. The Morgan fingerprint density at radius 3 is 2.54 bits per heavy atom. The Morgan fingerprint density at radius 1 is 1.08 bits per heavy atom. The van der Waals surface area contributed by atoms with Gasteiger partial charge < -0.3 is 9.84 Å². The zero-order valence-corrected chi connectivity index (χ0v) is 13.3. The summed E-state index contributed by atoms with van der Waals surface area (Å²) in [6, 6.07) is 18.5. The number of carbonyl (C=O) groups is 1. The Morgan fingerprint density at radius 2 is 1.88 bits per heavy atom. The molecule has 0 saturated carbocycles. The van der Waals surface area contributed by atoms with Gasteiger partial charge in [-0.1, -0.05) is 36.4 Å². The topological polar surface area (TPSA) is 59.4 Å². The second-order valence-electron chi connectivity index (χ2n) is 5.48. The minimum atomic E-state index is -0.979. The Labute approximate surface area is 140 Å². The maximum atomic E-state index is 11.3. The molecule has 120 valence electrons. The van der Waals surface area contributed by atoms with Crippen molar-refractivity contribution in [2.24, 2.45) is 0 Å². The van der Waals surface area contributed by atoms with Gasteiger partial charge in [-0.25, -0.2) is 4.79 Å². The number of aromatic nitrogens is 1. The summed E-state index contributed by atoms with van der Waals surface area (Å²) in [5.74, 6) is -0.447. The first-order chi connectivity index (χ1) is 11.6. The first-order valence-electron chi connectivity index (χ1n) is 7.60. The van der Waals surface area contributed by atoms with Crippen LogP contribution in [0.5, 0.6) is 5.75 Å². The average molecular weight is 319 g/mol. The quantitative estimate of drug-likeness (QED) is 0.760. The zero-order chi connectivity index (χ0) is 16.9. The molecule has 24 heavy (non-hydrogen) atoms. The van der Waals surface area contributed by atoms with Gasteiger partial charge in [-0.05, 0) is 36.8 Å². The lowest BCUT2D eigenvalue weighted by Gasteiger charge is -2.13. The minimum Gasteiger partial charge on any atom is -0.488 e. The van der Waals surface area contributed by atoms with E-state index in [9.17, 15) is 9.90 Å². The van der Waals surface area contributed by atoms with E-state index in [1.807, 2.05) is 49.4 Å². The molecule has 0 bridgehead atoms. The Kier molecular flexibility index (Phi) is 4.57. The van der Waals surface area contributed by atoms with Gasteiger partial charge >= 0.3 is 5.97 Å². The number of carboxylic acids is 1. The van der Waals surface area contributed by atoms with Gasteiger partial charge in [-0.2, -0.15) is 0 Å². The van der Waals surface area contributed by atoms with Crippen LogP contribution < -0.4 is 4.74 Å².